The van der Waals surface area contributed by atoms with Gasteiger partial charge in [0.15, 0.2) is 0 Å². The lowest BCUT2D eigenvalue weighted by Crippen LogP contribution is -2.27. The first kappa shape index (κ1) is 14.4. The predicted octanol–water partition coefficient (Wildman–Crippen LogP) is 1.24. The summed E-state index contributed by atoms with van der Waals surface area (Å²) in [5.41, 5.74) is 0. The third-order valence-electron chi connectivity index (χ3n) is 2.47. The van der Waals surface area contributed by atoms with E-state index >= 15 is 0 Å². The summed E-state index contributed by atoms with van der Waals surface area (Å²) in [7, 11) is 0. The zero-order valence-electron chi connectivity index (χ0n) is 9.70. The van der Waals surface area contributed by atoms with Gasteiger partial charge in [-0.25, -0.2) is 0 Å². The fourth-order valence-corrected chi connectivity index (χ4v) is 1.33. The molecule has 0 bridgehead atoms. The maximum Gasteiger partial charge on any atom is 0.303 e. The van der Waals surface area contributed by atoms with Crippen molar-refractivity contribution in [1.82, 2.24) is 5.32 Å². The lowest BCUT2D eigenvalue weighted by atomic mass is 10.1. The van der Waals surface area contributed by atoms with Gasteiger partial charge in [0.05, 0.1) is 0 Å². The minimum atomic E-state index is -0.738. The largest absolute Gasteiger partial charge is 0.481 e. The second kappa shape index (κ2) is 8.68. The van der Waals surface area contributed by atoms with Crippen LogP contribution in [-0.2, 0) is 4.79 Å². The zero-order chi connectivity index (χ0) is 11.7. The summed E-state index contributed by atoms with van der Waals surface area (Å²) < 4.78 is 0. The van der Waals surface area contributed by atoms with Gasteiger partial charge in [0.1, 0.15) is 0 Å². The molecular weight excluding hydrogens is 194 g/mol. The molecule has 4 heteroatoms. The van der Waals surface area contributed by atoms with Gasteiger partial charge in [-0.05, 0) is 38.6 Å². The van der Waals surface area contributed by atoms with E-state index in [1.165, 1.54) is 0 Å². The average Bonchev–Trinajstić information content (AvgIpc) is 2.21. The Morgan fingerprint density at radius 3 is 2.53 bits per heavy atom. The van der Waals surface area contributed by atoms with E-state index in [1.807, 2.05) is 13.8 Å². The topological polar surface area (TPSA) is 69.6 Å². The molecule has 90 valence electrons. The van der Waals surface area contributed by atoms with E-state index in [0.717, 1.165) is 19.4 Å². The highest BCUT2D eigenvalue weighted by molar-refractivity contribution is 5.66. The number of hydrogen-bond donors (Lipinski definition) is 3. The highest BCUT2D eigenvalue weighted by Gasteiger charge is 2.05. The summed E-state index contributed by atoms with van der Waals surface area (Å²) in [5.74, 6) is -0.376. The molecule has 0 aromatic carbocycles. The molecule has 0 aromatic heterocycles. The molecule has 0 amide bonds. The average molecular weight is 217 g/mol. The Balaban J connectivity index is 3.31. The van der Waals surface area contributed by atoms with Gasteiger partial charge < -0.3 is 15.5 Å². The molecule has 0 rings (SSSR count). The molecule has 0 aliphatic rings. The maximum absolute atomic E-state index is 10.3. The van der Waals surface area contributed by atoms with Gasteiger partial charge in [-0.3, -0.25) is 4.79 Å². The predicted molar refractivity (Wildman–Crippen MR) is 59.8 cm³/mol. The van der Waals surface area contributed by atoms with Crippen LogP contribution in [0.25, 0.3) is 0 Å². The van der Waals surface area contributed by atoms with E-state index in [2.05, 4.69) is 5.32 Å². The van der Waals surface area contributed by atoms with Gasteiger partial charge in [0.25, 0.3) is 0 Å². The van der Waals surface area contributed by atoms with Crippen LogP contribution in [0.2, 0.25) is 0 Å². The molecule has 0 saturated heterocycles. The number of rotatable bonds is 9. The first-order chi connectivity index (χ1) is 7.06. The smallest absolute Gasteiger partial charge is 0.303 e. The summed E-state index contributed by atoms with van der Waals surface area (Å²) in [6.45, 7) is 5.16. The zero-order valence-corrected chi connectivity index (χ0v) is 9.70. The summed E-state index contributed by atoms with van der Waals surface area (Å²) in [4.78, 5) is 10.3. The van der Waals surface area contributed by atoms with Crippen molar-refractivity contribution in [2.75, 3.05) is 13.2 Å². The van der Waals surface area contributed by atoms with Crippen LogP contribution < -0.4 is 5.32 Å². The van der Waals surface area contributed by atoms with Crippen LogP contribution in [-0.4, -0.2) is 35.4 Å². The Bertz CT molecular complexity index is 173. The Kier molecular flexibility index (Phi) is 8.33. The Hall–Kier alpha value is -0.610. The summed E-state index contributed by atoms with van der Waals surface area (Å²) >= 11 is 0. The summed E-state index contributed by atoms with van der Waals surface area (Å²) in [6, 6.07) is 0.255. The molecule has 3 N–H and O–H groups in total. The van der Waals surface area contributed by atoms with Gasteiger partial charge in [-0.2, -0.15) is 0 Å². The van der Waals surface area contributed by atoms with Crippen LogP contribution >= 0.6 is 0 Å². The van der Waals surface area contributed by atoms with E-state index in [0.29, 0.717) is 12.3 Å². The monoisotopic (exact) mass is 217 g/mol. The van der Waals surface area contributed by atoms with Crippen LogP contribution in [0.1, 0.15) is 39.5 Å². The van der Waals surface area contributed by atoms with Crippen LogP contribution in [0, 0.1) is 5.92 Å². The Morgan fingerprint density at radius 2 is 2.00 bits per heavy atom. The standard InChI is InChI=1S/C11H23NO3/c1-9(8-13)4-3-7-12-10(2)5-6-11(14)15/h9-10,12-13H,3-8H2,1-2H3,(H,14,15). The normalized spacial score (nSPS) is 14.9. The molecule has 15 heavy (non-hydrogen) atoms. The lowest BCUT2D eigenvalue weighted by molar-refractivity contribution is -0.137. The molecule has 2 atom stereocenters. The van der Waals surface area contributed by atoms with Crippen molar-refractivity contribution in [2.45, 2.75) is 45.6 Å². The van der Waals surface area contributed by atoms with Gasteiger partial charge in [-0.15, -0.1) is 0 Å². The fourth-order valence-electron chi connectivity index (χ4n) is 1.33. The second-order valence-corrected chi connectivity index (χ2v) is 4.22. The fraction of sp³-hybridized carbons (Fsp3) is 0.909. The first-order valence-electron chi connectivity index (χ1n) is 5.62. The van der Waals surface area contributed by atoms with Crippen molar-refractivity contribution in [1.29, 1.82) is 0 Å². The van der Waals surface area contributed by atoms with Crippen molar-refractivity contribution in [3.8, 4) is 0 Å². The number of carbonyl (C=O) groups is 1. The number of carboxylic acid groups (broad SMARTS) is 1. The summed E-state index contributed by atoms with van der Waals surface area (Å²) in [6.07, 6.45) is 2.93. The van der Waals surface area contributed by atoms with Gasteiger partial charge in [0.2, 0.25) is 0 Å². The molecule has 4 nitrogen and oxygen atoms in total. The van der Waals surface area contributed by atoms with E-state index in [1.54, 1.807) is 0 Å². The Labute approximate surface area is 91.7 Å². The number of aliphatic hydroxyl groups excluding tert-OH is 1. The minimum absolute atomic E-state index is 0.223. The number of nitrogens with one attached hydrogen (secondary N) is 1. The molecule has 0 aliphatic heterocycles. The van der Waals surface area contributed by atoms with Crippen molar-refractivity contribution < 1.29 is 15.0 Å². The van der Waals surface area contributed by atoms with Crippen molar-refractivity contribution in [2.24, 2.45) is 5.92 Å². The quantitative estimate of drug-likeness (QED) is 0.508. The molecule has 0 spiro atoms. The minimum Gasteiger partial charge on any atom is -0.481 e. The highest BCUT2D eigenvalue weighted by Crippen LogP contribution is 2.03. The summed E-state index contributed by atoms with van der Waals surface area (Å²) in [5, 5.41) is 20.6. The van der Waals surface area contributed by atoms with Crippen molar-refractivity contribution in [3.63, 3.8) is 0 Å². The molecule has 0 fully saturated rings. The number of aliphatic hydroxyl groups is 1. The van der Waals surface area contributed by atoms with Crippen molar-refractivity contribution >= 4 is 5.97 Å². The van der Waals surface area contributed by atoms with Crippen molar-refractivity contribution in [3.05, 3.63) is 0 Å². The SMILES string of the molecule is CC(CO)CCCNC(C)CCC(=O)O. The van der Waals surface area contributed by atoms with Gasteiger partial charge in [-0.1, -0.05) is 6.92 Å². The molecule has 0 saturated carbocycles. The van der Waals surface area contributed by atoms with Crippen LogP contribution in [0.3, 0.4) is 0 Å². The van der Waals surface area contributed by atoms with Gasteiger partial charge >= 0.3 is 5.97 Å². The second-order valence-electron chi connectivity index (χ2n) is 4.22. The van der Waals surface area contributed by atoms with Crippen LogP contribution in [0.4, 0.5) is 0 Å². The lowest BCUT2D eigenvalue weighted by Gasteiger charge is -2.13. The van der Waals surface area contributed by atoms with E-state index in [-0.39, 0.29) is 19.1 Å². The first-order valence-corrected chi connectivity index (χ1v) is 5.62. The molecule has 2 unspecified atom stereocenters. The molecule has 0 heterocycles. The molecule has 0 aliphatic carbocycles. The third kappa shape index (κ3) is 9.69. The number of carboxylic acids is 1. The number of aliphatic carboxylic acids is 1. The third-order valence-corrected chi connectivity index (χ3v) is 2.47. The Morgan fingerprint density at radius 1 is 1.33 bits per heavy atom. The van der Waals surface area contributed by atoms with Crippen LogP contribution in [0.15, 0.2) is 0 Å². The molecule has 0 aromatic rings. The van der Waals surface area contributed by atoms with E-state index in [4.69, 9.17) is 10.2 Å². The van der Waals surface area contributed by atoms with Gasteiger partial charge in [0, 0.05) is 19.1 Å². The molecule has 0 radical (unpaired) electrons. The maximum atomic E-state index is 10.3. The van der Waals surface area contributed by atoms with E-state index in [9.17, 15) is 4.79 Å². The molecular formula is C11H23NO3. The van der Waals surface area contributed by atoms with Crippen LogP contribution in [0.5, 0.6) is 0 Å². The highest BCUT2D eigenvalue weighted by atomic mass is 16.4. The number of hydrogen-bond acceptors (Lipinski definition) is 3. The van der Waals surface area contributed by atoms with E-state index < -0.39 is 5.97 Å².